The molecule has 309 valence electrons. The van der Waals surface area contributed by atoms with Crippen LogP contribution in [-0.2, 0) is 42.8 Å². The molecule has 10 rings (SSSR count). The van der Waals surface area contributed by atoms with Gasteiger partial charge in [0.2, 0.25) is 0 Å². The van der Waals surface area contributed by atoms with Crippen molar-refractivity contribution in [2.45, 2.75) is 84.0 Å². The monoisotopic (exact) mass is 984 g/mol. The molecular weight excluding hydrogens is 933 g/mol. The van der Waals surface area contributed by atoms with Crippen LogP contribution in [0.1, 0.15) is 100 Å². The zero-order valence-corrected chi connectivity index (χ0v) is 39.0. The fraction of sp³-hybridized carbons (Fsp3) is 0.228. The van der Waals surface area contributed by atoms with Crippen molar-refractivity contribution in [3.05, 3.63) is 191 Å². The summed E-state index contributed by atoms with van der Waals surface area (Å²) in [5.41, 5.74) is 18.6. The molecule has 1 radical (unpaired) electrons. The number of pyridine rings is 1. The van der Waals surface area contributed by atoms with Crippen molar-refractivity contribution in [3.8, 4) is 67.7 Å². The number of rotatable bonds is 7. The van der Waals surface area contributed by atoms with E-state index in [0.717, 1.165) is 34.4 Å². The molecule has 5 heteroatoms. The van der Waals surface area contributed by atoms with Gasteiger partial charge in [0.05, 0.1) is 5.41 Å². The summed E-state index contributed by atoms with van der Waals surface area (Å²) in [6.07, 6.45) is 5.32. The van der Waals surface area contributed by atoms with Crippen LogP contribution in [-0.4, -0.2) is 19.9 Å². The molecule has 0 saturated carbocycles. The number of nitrogens with zero attached hydrogens (tertiary/aromatic N) is 4. The molecule has 0 aliphatic heterocycles. The van der Waals surface area contributed by atoms with Crippen LogP contribution in [0.15, 0.2) is 146 Å². The Balaban J connectivity index is 0.00000490. The summed E-state index contributed by atoms with van der Waals surface area (Å²) in [7, 11) is 0. The van der Waals surface area contributed by atoms with Crippen LogP contribution < -0.4 is 0 Å². The maximum absolute atomic E-state index is 5.10. The van der Waals surface area contributed by atoms with Crippen LogP contribution in [0, 0.1) is 6.07 Å². The Hall–Kier alpha value is -5.87. The number of hydrogen-bond donors (Lipinski definition) is 0. The van der Waals surface area contributed by atoms with Crippen molar-refractivity contribution < 1.29 is 20.1 Å². The molecule has 0 fully saturated rings. The molecule has 62 heavy (non-hydrogen) atoms. The molecular formula is C57H51IrN4-. The maximum atomic E-state index is 5.10. The molecule has 2 aromatic heterocycles. The van der Waals surface area contributed by atoms with Crippen LogP contribution in [0.3, 0.4) is 0 Å². The van der Waals surface area contributed by atoms with Gasteiger partial charge in [-0.2, -0.15) is 0 Å². The Morgan fingerprint density at radius 2 is 1.02 bits per heavy atom. The minimum atomic E-state index is -0.433. The van der Waals surface area contributed by atoms with Crippen molar-refractivity contribution in [1.29, 1.82) is 0 Å². The number of hydrogen-bond acceptors (Lipinski definition) is 4. The van der Waals surface area contributed by atoms with Crippen LogP contribution >= 0.6 is 0 Å². The molecule has 4 nitrogen and oxygen atoms in total. The number of fused-ring (bicyclic) bond motifs is 10. The van der Waals surface area contributed by atoms with Gasteiger partial charge in [0.25, 0.3) is 0 Å². The Labute approximate surface area is 380 Å². The van der Waals surface area contributed by atoms with Crippen LogP contribution in [0.5, 0.6) is 0 Å². The normalized spacial score (nSPS) is 13.3. The van der Waals surface area contributed by atoms with E-state index in [9.17, 15) is 0 Å². The fourth-order valence-electron chi connectivity index (χ4n) is 9.49. The van der Waals surface area contributed by atoms with Gasteiger partial charge in [-0.05, 0) is 73.9 Å². The Morgan fingerprint density at radius 1 is 0.516 bits per heavy atom. The third-order valence-corrected chi connectivity index (χ3v) is 12.9. The van der Waals surface area contributed by atoms with Gasteiger partial charge >= 0.3 is 0 Å². The van der Waals surface area contributed by atoms with Gasteiger partial charge in [0.15, 0.2) is 17.5 Å². The first-order chi connectivity index (χ1) is 29.4. The van der Waals surface area contributed by atoms with E-state index in [2.05, 4.69) is 194 Å². The predicted octanol–water partition coefficient (Wildman–Crippen LogP) is 14.0. The third kappa shape index (κ3) is 6.96. The molecule has 2 heterocycles. The van der Waals surface area contributed by atoms with Crippen molar-refractivity contribution in [2.24, 2.45) is 0 Å². The summed E-state index contributed by atoms with van der Waals surface area (Å²) in [5.74, 6) is 1.86. The summed E-state index contributed by atoms with van der Waals surface area (Å²) in [5, 5.41) is 0. The van der Waals surface area contributed by atoms with E-state index in [-0.39, 0.29) is 30.9 Å². The van der Waals surface area contributed by atoms with Gasteiger partial charge in [0, 0.05) is 43.0 Å². The molecule has 1 spiro atoms. The summed E-state index contributed by atoms with van der Waals surface area (Å²) >= 11 is 0. The van der Waals surface area contributed by atoms with E-state index in [1.54, 1.807) is 0 Å². The maximum Gasteiger partial charge on any atom is 0.165 e. The average Bonchev–Trinajstić information content (AvgIpc) is 3.74. The minimum Gasteiger partial charge on any atom is -0.304 e. The number of unbranched alkanes of at least 4 members (excludes halogenated alkanes) is 1. The van der Waals surface area contributed by atoms with Crippen molar-refractivity contribution in [2.75, 3.05) is 0 Å². The van der Waals surface area contributed by atoms with Crippen molar-refractivity contribution in [1.82, 2.24) is 19.9 Å². The number of benzene rings is 6. The summed E-state index contributed by atoms with van der Waals surface area (Å²) < 4.78 is 0. The van der Waals surface area contributed by atoms with Gasteiger partial charge < -0.3 is 4.98 Å². The molecule has 6 aromatic carbocycles. The largest absolute Gasteiger partial charge is 0.304 e. The second-order valence-electron chi connectivity index (χ2n) is 18.9. The summed E-state index contributed by atoms with van der Waals surface area (Å²) in [6.45, 7) is 15.6. The Morgan fingerprint density at radius 3 is 1.53 bits per heavy atom. The van der Waals surface area contributed by atoms with Gasteiger partial charge in [-0.1, -0.05) is 193 Å². The minimum absolute atomic E-state index is 0. The van der Waals surface area contributed by atoms with Crippen LogP contribution in [0.2, 0.25) is 0 Å². The number of aryl methyl sites for hydroxylation is 1. The standard InChI is InChI=1S/C57H51N4.Ir/c1-8-9-14-36-19-30-45-46-31-24-39(34-50(46)57(49(45)33-36)47-17-12-10-15-43(47)44-16-11-13-18-48(44)57)51-32-25-40(35-58-51)54-60-52(37-20-26-41(27-21-37)55(2,3)4)59-53(61-54)38-22-28-42(29-23-38)56(5,6)7;/h10-13,15-23,25-35H,8-9,14H2,1-7H3;/q-1;. The van der Waals surface area contributed by atoms with Gasteiger partial charge in [-0.3, -0.25) is 0 Å². The molecule has 0 N–H and O–H groups in total. The van der Waals surface area contributed by atoms with E-state index in [0.29, 0.717) is 17.5 Å². The molecule has 0 unspecified atom stereocenters. The zero-order chi connectivity index (χ0) is 42.1. The predicted molar refractivity (Wildman–Crippen MR) is 251 cm³/mol. The Bertz CT molecular complexity index is 2830. The second-order valence-corrected chi connectivity index (χ2v) is 18.9. The molecule has 0 amide bonds. The number of aromatic nitrogens is 4. The first kappa shape index (κ1) is 41.5. The SMILES string of the molecule is CCCCc1ccc2c(c1)C1(c3ccccc3-c3ccccc31)c1cc(-c3ccc(-c4nc(-c5ccc(C(C)(C)C)cc5)nc(-c5ccc(C(C)(C)C)cc5)n4)cn3)[c-]cc1-2.[Ir]. The molecule has 0 bridgehead atoms. The molecule has 2 aliphatic rings. The van der Waals surface area contributed by atoms with Crippen molar-refractivity contribution >= 4 is 0 Å². The van der Waals surface area contributed by atoms with E-state index >= 15 is 0 Å². The first-order valence-corrected chi connectivity index (χ1v) is 21.8. The van der Waals surface area contributed by atoms with Gasteiger partial charge in [-0.25, -0.2) is 15.0 Å². The van der Waals surface area contributed by atoms with Gasteiger partial charge in [0.1, 0.15) is 0 Å². The van der Waals surface area contributed by atoms with E-state index in [4.69, 9.17) is 19.9 Å². The molecule has 8 aromatic rings. The zero-order valence-electron chi connectivity index (χ0n) is 36.6. The first-order valence-electron chi connectivity index (χ1n) is 21.8. The van der Waals surface area contributed by atoms with Crippen LogP contribution in [0.25, 0.3) is 67.7 Å². The van der Waals surface area contributed by atoms with E-state index in [1.807, 2.05) is 6.20 Å². The summed E-state index contributed by atoms with van der Waals surface area (Å²) in [6, 6.07) is 54.7. The molecule has 2 aliphatic carbocycles. The Kier molecular flexibility index (Phi) is 10.6. The smallest absolute Gasteiger partial charge is 0.165 e. The second kappa shape index (κ2) is 15.8. The van der Waals surface area contributed by atoms with Crippen LogP contribution in [0.4, 0.5) is 0 Å². The van der Waals surface area contributed by atoms with Crippen molar-refractivity contribution in [3.63, 3.8) is 0 Å². The average molecular weight is 984 g/mol. The van der Waals surface area contributed by atoms with Gasteiger partial charge in [-0.15, -0.1) is 29.3 Å². The topological polar surface area (TPSA) is 51.6 Å². The summed E-state index contributed by atoms with van der Waals surface area (Å²) in [4.78, 5) is 20.3. The van der Waals surface area contributed by atoms with E-state index < -0.39 is 5.41 Å². The fourth-order valence-corrected chi connectivity index (χ4v) is 9.49. The third-order valence-electron chi connectivity index (χ3n) is 12.9. The van der Waals surface area contributed by atoms with E-state index in [1.165, 1.54) is 74.0 Å². The molecule has 0 saturated heterocycles. The molecule has 0 atom stereocenters. The quantitative estimate of drug-likeness (QED) is 0.149.